The zero-order valence-corrected chi connectivity index (χ0v) is 15.3. The van der Waals surface area contributed by atoms with Crippen molar-refractivity contribution < 1.29 is 18.0 Å². The van der Waals surface area contributed by atoms with E-state index in [1.54, 1.807) is 11.7 Å². The molecule has 0 aliphatic heterocycles. The van der Waals surface area contributed by atoms with Crippen LogP contribution in [0.4, 0.5) is 13.2 Å². The number of rotatable bonds is 4. The van der Waals surface area contributed by atoms with Gasteiger partial charge in [-0.2, -0.15) is 18.3 Å². The lowest BCUT2D eigenvalue weighted by Gasteiger charge is -2.13. The highest BCUT2D eigenvalue weighted by Crippen LogP contribution is 2.36. The van der Waals surface area contributed by atoms with Gasteiger partial charge in [0, 0.05) is 34.3 Å². The van der Waals surface area contributed by atoms with Gasteiger partial charge in [0.2, 0.25) is 0 Å². The molecule has 11 heteroatoms. The number of thiazole rings is 1. The fourth-order valence-corrected chi connectivity index (χ4v) is 3.40. The molecule has 0 bridgehead atoms. The van der Waals surface area contributed by atoms with Crippen LogP contribution in [-0.2, 0) is 12.7 Å². The number of carbonyl (C=O) groups is 1. The molecule has 1 amide bonds. The second-order valence-electron chi connectivity index (χ2n) is 6.13. The number of hydrogen-bond acceptors (Lipinski definition) is 5. The number of nitrogens with one attached hydrogen (secondary N) is 3. The lowest BCUT2D eigenvalue weighted by Crippen LogP contribution is -2.25. The number of nitrogens with zero attached hydrogens (tertiary/aromatic N) is 2. The first-order valence-electron chi connectivity index (χ1n) is 8.26. The van der Waals surface area contributed by atoms with Crippen LogP contribution in [0.3, 0.4) is 0 Å². The Morgan fingerprint density at radius 2 is 2.00 bits per heavy atom. The van der Waals surface area contributed by atoms with Crippen LogP contribution in [0.2, 0.25) is 0 Å². The number of H-pyrrole nitrogens is 2. The van der Waals surface area contributed by atoms with Crippen molar-refractivity contribution in [1.82, 2.24) is 25.5 Å². The summed E-state index contributed by atoms with van der Waals surface area (Å²) in [6.45, 7) is 0.148. The topological polar surface area (TPSA) is 104 Å². The van der Waals surface area contributed by atoms with Gasteiger partial charge in [-0.05, 0) is 17.7 Å². The van der Waals surface area contributed by atoms with Crippen molar-refractivity contribution in [2.24, 2.45) is 0 Å². The van der Waals surface area contributed by atoms with E-state index in [-0.39, 0.29) is 23.2 Å². The van der Waals surface area contributed by atoms with Crippen LogP contribution < -0.4 is 10.7 Å². The molecule has 0 fully saturated rings. The fraction of sp³-hybridized carbons (Fsp3) is 0.111. The van der Waals surface area contributed by atoms with Gasteiger partial charge in [-0.1, -0.05) is 0 Å². The van der Waals surface area contributed by atoms with E-state index in [0.717, 1.165) is 17.0 Å². The van der Waals surface area contributed by atoms with Crippen LogP contribution >= 0.6 is 11.3 Å². The summed E-state index contributed by atoms with van der Waals surface area (Å²) < 4.78 is 41.1. The fourth-order valence-electron chi connectivity index (χ4n) is 2.86. The van der Waals surface area contributed by atoms with Gasteiger partial charge in [0.1, 0.15) is 5.69 Å². The van der Waals surface area contributed by atoms with Crippen LogP contribution in [0.5, 0.6) is 0 Å². The number of pyridine rings is 1. The highest BCUT2D eigenvalue weighted by atomic mass is 32.1. The van der Waals surface area contributed by atoms with Gasteiger partial charge in [0.25, 0.3) is 5.91 Å². The molecule has 29 heavy (non-hydrogen) atoms. The molecule has 1 aromatic carbocycles. The third kappa shape index (κ3) is 3.76. The number of carbonyl (C=O) groups excluding carboxylic acids is 1. The third-order valence-corrected chi connectivity index (χ3v) is 5.01. The number of amides is 1. The van der Waals surface area contributed by atoms with Crippen molar-refractivity contribution >= 4 is 28.1 Å². The number of aromatic amines is 2. The van der Waals surface area contributed by atoms with E-state index < -0.39 is 28.6 Å². The maximum Gasteiger partial charge on any atom is 0.418 e. The Bertz CT molecular complexity index is 1230. The van der Waals surface area contributed by atoms with Crippen LogP contribution in [0, 0.1) is 0 Å². The number of aromatic nitrogens is 4. The molecule has 148 valence electrons. The predicted molar refractivity (Wildman–Crippen MR) is 100 cm³/mol. The number of alkyl halides is 3. The van der Waals surface area contributed by atoms with E-state index in [4.69, 9.17) is 0 Å². The number of benzene rings is 1. The molecule has 3 aromatic heterocycles. The van der Waals surface area contributed by atoms with Crippen molar-refractivity contribution in [2.75, 3.05) is 0 Å². The Labute approximate surface area is 164 Å². The highest BCUT2D eigenvalue weighted by molar-refractivity contribution is 7.09. The Kier molecular flexibility index (Phi) is 4.66. The van der Waals surface area contributed by atoms with Gasteiger partial charge in [-0.15, -0.1) is 11.3 Å². The molecule has 0 aliphatic rings. The minimum atomic E-state index is -4.74. The number of fused-ring (bicyclic) bond motifs is 1. The normalized spacial score (nSPS) is 11.7. The summed E-state index contributed by atoms with van der Waals surface area (Å²) in [5.41, 5.74) is -0.256. The van der Waals surface area contributed by atoms with Gasteiger partial charge >= 0.3 is 6.18 Å². The van der Waals surface area contributed by atoms with Gasteiger partial charge < -0.3 is 10.3 Å². The summed E-state index contributed by atoms with van der Waals surface area (Å²) in [6, 6.07) is 3.25. The largest absolute Gasteiger partial charge is 0.418 e. The van der Waals surface area contributed by atoms with Crippen LogP contribution in [0.25, 0.3) is 22.0 Å². The molecule has 0 saturated heterocycles. The zero-order valence-electron chi connectivity index (χ0n) is 14.5. The molecular formula is C18H12F3N5O2S. The van der Waals surface area contributed by atoms with E-state index in [2.05, 4.69) is 25.5 Å². The Morgan fingerprint density at radius 3 is 2.66 bits per heavy atom. The lowest BCUT2D eigenvalue weighted by atomic mass is 10.0. The summed E-state index contributed by atoms with van der Waals surface area (Å²) in [4.78, 5) is 32.0. The molecule has 7 nitrogen and oxygen atoms in total. The first kappa shape index (κ1) is 18.9. The van der Waals surface area contributed by atoms with E-state index in [1.807, 2.05) is 0 Å². The molecule has 0 aliphatic carbocycles. The Hall–Kier alpha value is -3.47. The molecular weight excluding hydrogens is 407 g/mol. The molecule has 0 atom stereocenters. The Balaban J connectivity index is 1.81. The van der Waals surface area contributed by atoms with Crippen molar-refractivity contribution in [2.45, 2.75) is 12.7 Å². The SMILES string of the molecule is O=C(NCc1cncs1)c1cc(=O)c2cc(-c3cn[nH]c3)cc(C(F)(F)F)c2[nH]1. The first-order valence-corrected chi connectivity index (χ1v) is 9.14. The van der Waals surface area contributed by atoms with Gasteiger partial charge in [-0.3, -0.25) is 19.7 Å². The molecule has 0 spiro atoms. The van der Waals surface area contributed by atoms with E-state index in [0.29, 0.717) is 5.56 Å². The van der Waals surface area contributed by atoms with Crippen molar-refractivity contribution in [3.8, 4) is 11.1 Å². The van der Waals surface area contributed by atoms with E-state index >= 15 is 0 Å². The molecule has 0 saturated carbocycles. The van der Waals surface area contributed by atoms with Gasteiger partial charge in [-0.25, -0.2) is 0 Å². The lowest BCUT2D eigenvalue weighted by molar-refractivity contribution is -0.136. The molecule has 3 N–H and O–H groups in total. The van der Waals surface area contributed by atoms with Crippen LogP contribution in [-0.4, -0.2) is 26.1 Å². The maximum atomic E-state index is 13.7. The smallest absolute Gasteiger partial charge is 0.350 e. The molecule has 4 rings (SSSR count). The second kappa shape index (κ2) is 7.17. The standard InChI is InChI=1S/C18H12F3N5O2S/c19-18(20,21)13-2-9(10-4-24-25-5-10)1-12-15(27)3-14(26-16(12)13)17(28)23-7-11-6-22-8-29-11/h1-6,8H,7H2,(H,23,28)(H,24,25)(H,26,27). The molecule has 0 radical (unpaired) electrons. The highest BCUT2D eigenvalue weighted by Gasteiger charge is 2.34. The molecule has 4 aromatic rings. The van der Waals surface area contributed by atoms with Crippen molar-refractivity contribution in [1.29, 1.82) is 0 Å². The zero-order chi connectivity index (χ0) is 20.6. The maximum absolute atomic E-state index is 13.7. The summed E-state index contributed by atoms with van der Waals surface area (Å²) in [7, 11) is 0. The van der Waals surface area contributed by atoms with Crippen LogP contribution in [0.15, 0.2) is 47.1 Å². The average molecular weight is 419 g/mol. The summed E-state index contributed by atoms with van der Waals surface area (Å²) in [5.74, 6) is -0.690. The summed E-state index contributed by atoms with van der Waals surface area (Å²) in [6.07, 6.45) is -0.389. The predicted octanol–water partition coefficient (Wildman–Crippen LogP) is 3.32. The number of hydrogen-bond donors (Lipinski definition) is 3. The third-order valence-electron chi connectivity index (χ3n) is 4.23. The van der Waals surface area contributed by atoms with Crippen LogP contribution in [0.1, 0.15) is 20.9 Å². The number of halogens is 3. The van der Waals surface area contributed by atoms with E-state index in [9.17, 15) is 22.8 Å². The minimum absolute atomic E-state index is 0.148. The summed E-state index contributed by atoms with van der Waals surface area (Å²) in [5, 5.41) is 8.63. The average Bonchev–Trinajstić information content (AvgIpc) is 3.38. The van der Waals surface area contributed by atoms with Crippen molar-refractivity contribution in [3.63, 3.8) is 0 Å². The van der Waals surface area contributed by atoms with Crippen molar-refractivity contribution in [3.05, 3.63) is 68.7 Å². The minimum Gasteiger partial charge on any atom is -0.350 e. The Morgan fingerprint density at radius 1 is 1.17 bits per heavy atom. The van der Waals surface area contributed by atoms with Gasteiger partial charge in [0.05, 0.1) is 29.3 Å². The monoisotopic (exact) mass is 419 g/mol. The quantitative estimate of drug-likeness (QED) is 0.472. The molecule has 0 unspecified atom stereocenters. The van der Waals surface area contributed by atoms with E-state index in [1.165, 1.54) is 29.8 Å². The van der Waals surface area contributed by atoms with Gasteiger partial charge in [0.15, 0.2) is 5.43 Å². The first-order chi connectivity index (χ1) is 13.8. The summed E-state index contributed by atoms with van der Waals surface area (Å²) >= 11 is 1.32. The second-order valence-corrected chi connectivity index (χ2v) is 7.10. The molecule has 3 heterocycles.